The van der Waals surface area contributed by atoms with Crippen LogP contribution in [0, 0.1) is 0 Å². The van der Waals surface area contributed by atoms with E-state index in [1.54, 1.807) is 11.3 Å². The minimum absolute atomic E-state index is 0.820. The molecule has 0 aliphatic rings. The van der Waals surface area contributed by atoms with Crippen molar-refractivity contribution in [1.29, 1.82) is 0 Å². The highest BCUT2D eigenvalue weighted by molar-refractivity contribution is 7.13. The second-order valence-electron chi connectivity index (χ2n) is 7.31. The Bertz CT molecular complexity index is 609. The standard InChI is InChI=1S/C24H37NOS/c1-3-5-6-7-8-9-10-11-17-26-23-15-14-21(20-25-16-4-2)19-22(23)24-13-12-18-27-24/h12-15,18-19,25H,3-11,16-17,20H2,1-2H3. The van der Waals surface area contributed by atoms with E-state index >= 15 is 0 Å². The number of hydrogen-bond donors (Lipinski definition) is 1. The van der Waals surface area contributed by atoms with Crippen LogP contribution in [0.15, 0.2) is 35.7 Å². The molecule has 0 aliphatic carbocycles. The summed E-state index contributed by atoms with van der Waals surface area (Å²) in [7, 11) is 0. The topological polar surface area (TPSA) is 21.3 Å². The number of thiophene rings is 1. The third kappa shape index (κ3) is 8.49. The number of hydrogen-bond acceptors (Lipinski definition) is 3. The first kappa shape index (κ1) is 22.0. The van der Waals surface area contributed by atoms with Crippen LogP contribution in [0.25, 0.3) is 10.4 Å². The monoisotopic (exact) mass is 387 g/mol. The van der Waals surface area contributed by atoms with Crippen molar-refractivity contribution < 1.29 is 4.74 Å². The highest BCUT2D eigenvalue weighted by atomic mass is 32.1. The third-order valence-corrected chi connectivity index (χ3v) is 5.75. The molecular weight excluding hydrogens is 350 g/mol. The largest absolute Gasteiger partial charge is 0.493 e. The van der Waals surface area contributed by atoms with E-state index in [9.17, 15) is 0 Å². The van der Waals surface area contributed by atoms with Gasteiger partial charge in [0.25, 0.3) is 0 Å². The first-order valence-corrected chi connectivity index (χ1v) is 11.7. The van der Waals surface area contributed by atoms with E-state index in [2.05, 4.69) is 54.9 Å². The first-order valence-electron chi connectivity index (χ1n) is 10.9. The molecular formula is C24H37NOS. The molecule has 0 bridgehead atoms. The van der Waals surface area contributed by atoms with Crippen molar-refractivity contribution in [3.05, 3.63) is 41.3 Å². The van der Waals surface area contributed by atoms with Gasteiger partial charge in [-0.1, -0.05) is 70.9 Å². The summed E-state index contributed by atoms with van der Waals surface area (Å²) in [5.74, 6) is 1.03. The number of ether oxygens (including phenoxy) is 1. The Morgan fingerprint density at radius 3 is 2.37 bits per heavy atom. The molecule has 0 fully saturated rings. The summed E-state index contributed by atoms with van der Waals surface area (Å²) in [4.78, 5) is 1.29. The molecule has 27 heavy (non-hydrogen) atoms. The summed E-state index contributed by atoms with van der Waals surface area (Å²) in [5, 5.41) is 5.63. The zero-order valence-electron chi connectivity index (χ0n) is 17.3. The average molecular weight is 388 g/mol. The minimum atomic E-state index is 0.820. The van der Waals surface area contributed by atoms with E-state index < -0.39 is 0 Å². The van der Waals surface area contributed by atoms with Crippen molar-refractivity contribution in [2.75, 3.05) is 13.2 Å². The van der Waals surface area contributed by atoms with Crippen LogP contribution >= 0.6 is 11.3 Å². The van der Waals surface area contributed by atoms with Gasteiger partial charge in [-0.15, -0.1) is 11.3 Å². The smallest absolute Gasteiger partial charge is 0.127 e. The van der Waals surface area contributed by atoms with Crippen LogP contribution in [-0.2, 0) is 6.54 Å². The average Bonchev–Trinajstić information content (AvgIpc) is 3.22. The summed E-state index contributed by atoms with van der Waals surface area (Å²) in [6, 6.07) is 10.9. The molecule has 0 amide bonds. The molecule has 2 aromatic rings. The Balaban J connectivity index is 1.81. The molecule has 3 heteroatoms. The fraction of sp³-hybridized carbons (Fsp3) is 0.583. The lowest BCUT2D eigenvalue weighted by atomic mass is 10.1. The second-order valence-corrected chi connectivity index (χ2v) is 8.26. The van der Waals surface area contributed by atoms with Crippen LogP contribution in [0.1, 0.15) is 77.2 Å². The van der Waals surface area contributed by atoms with Gasteiger partial charge in [-0.2, -0.15) is 0 Å². The molecule has 0 unspecified atom stereocenters. The molecule has 2 rings (SSSR count). The van der Waals surface area contributed by atoms with Gasteiger partial charge in [0.15, 0.2) is 0 Å². The molecule has 1 aromatic carbocycles. The third-order valence-electron chi connectivity index (χ3n) is 4.84. The number of rotatable bonds is 15. The molecule has 1 heterocycles. The fourth-order valence-electron chi connectivity index (χ4n) is 3.26. The van der Waals surface area contributed by atoms with Gasteiger partial charge < -0.3 is 10.1 Å². The molecule has 0 aliphatic heterocycles. The molecule has 0 atom stereocenters. The van der Waals surface area contributed by atoms with Gasteiger partial charge in [-0.25, -0.2) is 0 Å². The van der Waals surface area contributed by atoms with Gasteiger partial charge >= 0.3 is 0 Å². The Kier molecular flexibility index (Phi) is 11.2. The number of unbranched alkanes of at least 4 members (excludes halogenated alkanes) is 7. The molecule has 150 valence electrons. The first-order chi connectivity index (χ1) is 13.3. The van der Waals surface area contributed by atoms with E-state index in [0.29, 0.717) is 0 Å². The molecule has 0 spiro atoms. The van der Waals surface area contributed by atoms with E-state index in [1.807, 2.05) is 0 Å². The van der Waals surface area contributed by atoms with E-state index in [-0.39, 0.29) is 0 Å². The van der Waals surface area contributed by atoms with Crippen molar-refractivity contribution in [1.82, 2.24) is 5.32 Å². The normalized spacial score (nSPS) is 11.0. The summed E-state index contributed by atoms with van der Waals surface area (Å²) in [6.45, 7) is 7.28. The van der Waals surface area contributed by atoms with Gasteiger partial charge in [-0.05, 0) is 48.5 Å². The molecule has 0 saturated heterocycles. The summed E-state index contributed by atoms with van der Waals surface area (Å²) in [6.07, 6.45) is 11.8. The van der Waals surface area contributed by atoms with Gasteiger partial charge in [0.2, 0.25) is 0 Å². The van der Waals surface area contributed by atoms with Crippen LogP contribution in [0.3, 0.4) is 0 Å². The maximum absolute atomic E-state index is 6.17. The Labute approximate surface area is 170 Å². The van der Waals surface area contributed by atoms with Crippen molar-refractivity contribution >= 4 is 11.3 Å². The van der Waals surface area contributed by atoms with Crippen LogP contribution < -0.4 is 10.1 Å². The summed E-state index contributed by atoms with van der Waals surface area (Å²) >= 11 is 1.78. The van der Waals surface area contributed by atoms with Gasteiger partial charge in [0.05, 0.1) is 6.61 Å². The van der Waals surface area contributed by atoms with Crippen molar-refractivity contribution in [3.63, 3.8) is 0 Å². The highest BCUT2D eigenvalue weighted by Crippen LogP contribution is 2.34. The molecule has 0 radical (unpaired) electrons. The molecule has 0 saturated carbocycles. The number of benzene rings is 1. The lowest BCUT2D eigenvalue weighted by Gasteiger charge is -2.13. The van der Waals surface area contributed by atoms with E-state index in [4.69, 9.17) is 4.74 Å². The minimum Gasteiger partial charge on any atom is -0.493 e. The molecule has 1 aromatic heterocycles. The maximum Gasteiger partial charge on any atom is 0.127 e. The van der Waals surface area contributed by atoms with Crippen molar-refractivity contribution in [2.24, 2.45) is 0 Å². The molecule has 2 nitrogen and oxygen atoms in total. The lowest BCUT2D eigenvalue weighted by molar-refractivity contribution is 0.305. The second kappa shape index (κ2) is 13.8. The fourth-order valence-corrected chi connectivity index (χ4v) is 4.01. The summed E-state index contributed by atoms with van der Waals surface area (Å²) < 4.78 is 6.17. The van der Waals surface area contributed by atoms with Crippen molar-refractivity contribution in [2.45, 2.75) is 78.2 Å². The van der Waals surface area contributed by atoms with Gasteiger partial charge in [-0.3, -0.25) is 0 Å². The zero-order chi connectivity index (χ0) is 19.2. The predicted octanol–water partition coefficient (Wildman–Crippen LogP) is 7.43. The van der Waals surface area contributed by atoms with Crippen LogP contribution in [0.4, 0.5) is 0 Å². The van der Waals surface area contributed by atoms with E-state index in [1.165, 1.54) is 60.9 Å². The van der Waals surface area contributed by atoms with Crippen molar-refractivity contribution in [3.8, 4) is 16.2 Å². The van der Waals surface area contributed by atoms with E-state index in [0.717, 1.165) is 38.3 Å². The Morgan fingerprint density at radius 1 is 0.889 bits per heavy atom. The Hall–Kier alpha value is -1.32. The Morgan fingerprint density at radius 2 is 1.67 bits per heavy atom. The van der Waals surface area contributed by atoms with Gasteiger partial charge in [0, 0.05) is 17.0 Å². The SMILES string of the molecule is CCCCCCCCCCOc1ccc(CNCCC)cc1-c1cccs1. The highest BCUT2D eigenvalue weighted by Gasteiger charge is 2.09. The summed E-state index contributed by atoms with van der Waals surface area (Å²) in [5.41, 5.74) is 2.56. The lowest BCUT2D eigenvalue weighted by Crippen LogP contribution is -2.13. The molecule has 1 N–H and O–H groups in total. The zero-order valence-corrected chi connectivity index (χ0v) is 18.1. The predicted molar refractivity (Wildman–Crippen MR) is 120 cm³/mol. The number of nitrogens with one attached hydrogen (secondary N) is 1. The van der Waals surface area contributed by atoms with Crippen LogP contribution in [0.2, 0.25) is 0 Å². The van der Waals surface area contributed by atoms with Gasteiger partial charge in [0.1, 0.15) is 5.75 Å². The maximum atomic E-state index is 6.17. The van der Waals surface area contributed by atoms with Crippen LogP contribution in [-0.4, -0.2) is 13.2 Å². The quantitative estimate of drug-likeness (QED) is 0.321. The van der Waals surface area contributed by atoms with Crippen LogP contribution in [0.5, 0.6) is 5.75 Å².